The van der Waals surface area contributed by atoms with Gasteiger partial charge in [-0.05, 0) is 36.6 Å². The Hall–Kier alpha value is -1.47. The van der Waals surface area contributed by atoms with Gasteiger partial charge in [-0.15, -0.1) is 0 Å². The van der Waals surface area contributed by atoms with Gasteiger partial charge < -0.3 is 19.9 Å². The van der Waals surface area contributed by atoms with Gasteiger partial charge in [-0.1, -0.05) is 0 Å². The quantitative estimate of drug-likeness (QED) is 0.812. The van der Waals surface area contributed by atoms with Gasteiger partial charge >= 0.3 is 0 Å². The highest BCUT2D eigenvalue weighted by Crippen LogP contribution is 2.37. The van der Waals surface area contributed by atoms with E-state index in [4.69, 9.17) is 9.47 Å². The number of sulfone groups is 1. The monoisotopic (exact) mass is 315 g/mol. The first-order valence-corrected chi connectivity index (χ1v) is 8.62. The van der Waals surface area contributed by atoms with Gasteiger partial charge in [0.05, 0.1) is 25.7 Å². The Morgan fingerprint density at radius 2 is 1.90 bits per heavy atom. The first-order valence-electron chi connectivity index (χ1n) is 6.80. The van der Waals surface area contributed by atoms with E-state index in [1.54, 1.807) is 12.1 Å². The average Bonchev–Trinajstić information content (AvgIpc) is 2.79. The maximum atomic E-state index is 11.4. The first kappa shape index (κ1) is 15.9. The SMILES string of the molecule is COc1cc(CNCC2CCS(=O)(=O)C2)cc(OC)c1O. The second kappa shape index (κ2) is 6.53. The van der Waals surface area contributed by atoms with E-state index in [-0.39, 0.29) is 17.4 Å². The maximum absolute atomic E-state index is 11.4. The van der Waals surface area contributed by atoms with Crippen molar-refractivity contribution in [2.45, 2.75) is 13.0 Å². The van der Waals surface area contributed by atoms with E-state index < -0.39 is 9.84 Å². The highest BCUT2D eigenvalue weighted by atomic mass is 32.2. The molecule has 1 heterocycles. The molecule has 1 saturated heterocycles. The topological polar surface area (TPSA) is 84.9 Å². The van der Waals surface area contributed by atoms with Gasteiger partial charge in [-0.2, -0.15) is 0 Å². The largest absolute Gasteiger partial charge is 0.502 e. The number of methoxy groups -OCH3 is 2. The van der Waals surface area contributed by atoms with Crippen molar-refractivity contribution in [3.8, 4) is 17.2 Å². The second-order valence-corrected chi connectivity index (χ2v) is 7.48. The molecule has 0 saturated carbocycles. The van der Waals surface area contributed by atoms with E-state index in [1.165, 1.54) is 14.2 Å². The van der Waals surface area contributed by atoms with Gasteiger partial charge in [0.25, 0.3) is 0 Å². The second-order valence-electron chi connectivity index (χ2n) is 5.25. The zero-order valence-electron chi connectivity index (χ0n) is 12.3. The first-order chi connectivity index (χ1) is 9.95. The number of benzene rings is 1. The van der Waals surface area contributed by atoms with Crippen LogP contribution >= 0.6 is 0 Å². The molecule has 2 N–H and O–H groups in total. The lowest BCUT2D eigenvalue weighted by Gasteiger charge is -2.13. The molecule has 1 fully saturated rings. The summed E-state index contributed by atoms with van der Waals surface area (Å²) in [5.74, 6) is 1.42. The van der Waals surface area contributed by atoms with E-state index >= 15 is 0 Å². The normalized spacial score (nSPS) is 20.4. The van der Waals surface area contributed by atoms with Crippen molar-refractivity contribution >= 4 is 9.84 Å². The van der Waals surface area contributed by atoms with Gasteiger partial charge in [-0.25, -0.2) is 8.42 Å². The zero-order valence-corrected chi connectivity index (χ0v) is 13.1. The number of nitrogens with one attached hydrogen (secondary N) is 1. The van der Waals surface area contributed by atoms with Crippen LogP contribution < -0.4 is 14.8 Å². The number of phenolic OH excluding ortho intramolecular Hbond substituents is 1. The molecular formula is C14H21NO5S. The van der Waals surface area contributed by atoms with Crippen LogP contribution in [0.3, 0.4) is 0 Å². The van der Waals surface area contributed by atoms with Gasteiger partial charge in [0.2, 0.25) is 5.75 Å². The molecular weight excluding hydrogens is 294 g/mol. The van der Waals surface area contributed by atoms with E-state index in [9.17, 15) is 13.5 Å². The molecule has 1 aromatic rings. The smallest absolute Gasteiger partial charge is 0.200 e. The van der Waals surface area contributed by atoms with Crippen LogP contribution in [0.5, 0.6) is 17.2 Å². The third-order valence-corrected chi connectivity index (χ3v) is 5.47. The fraction of sp³-hybridized carbons (Fsp3) is 0.571. The predicted octanol–water partition coefficient (Wildman–Crippen LogP) is 0.934. The van der Waals surface area contributed by atoms with Crippen molar-refractivity contribution in [3.63, 3.8) is 0 Å². The number of hydrogen-bond donors (Lipinski definition) is 2. The molecule has 1 aliphatic heterocycles. The zero-order chi connectivity index (χ0) is 15.5. The van der Waals surface area contributed by atoms with Gasteiger partial charge in [0.15, 0.2) is 21.3 Å². The summed E-state index contributed by atoms with van der Waals surface area (Å²) in [4.78, 5) is 0. The van der Waals surface area contributed by atoms with Crippen molar-refractivity contribution in [2.75, 3.05) is 32.3 Å². The van der Waals surface area contributed by atoms with E-state index in [0.717, 1.165) is 12.0 Å². The minimum absolute atomic E-state index is 0.0226. The lowest BCUT2D eigenvalue weighted by molar-refractivity contribution is 0.339. The molecule has 0 radical (unpaired) electrons. The molecule has 1 unspecified atom stereocenters. The van der Waals surface area contributed by atoms with Gasteiger partial charge in [0, 0.05) is 6.54 Å². The number of hydrogen-bond acceptors (Lipinski definition) is 6. The van der Waals surface area contributed by atoms with E-state index in [1.807, 2.05) is 0 Å². The fourth-order valence-corrected chi connectivity index (χ4v) is 4.37. The summed E-state index contributed by atoms with van der Waals surface area (Å²) in [5.41, 5.74) is 0.905. The number of aromatic hydroxyl groups is 1. The molecule has 6 nitrogen and oxygen atoms in total. The Balaban J connectivity index is 1.94. The Labute approximate surface area is 125 Å². The summed E-state index contributed by atoms with van der Waals surface area (Å²) in [6, 6.07) is 3.46. The molecule has 0 amide bonds. The third-order valence-electron chi connectivity index (χ3n) is 3.63. The summed E-state index contributed by atoms with van der Waals surface area (Å²) in [6.45, 7) is 1.22. The van der Waals surface area contributed by atoms with Crippen molar-refractivity contribution in [2.24, 2.45) is 5.92 Å². The van der Waals surface area contributed by atoms with Crippen LogP contribution in [0.1, 0.15) is 12.0 Å². The molecule has 0 aliphatic carbocycles. The lowest BCUT2D eigenvalue weighted by atomic mass is 10.1. The molecule has 118 valence electrons. The van der Waals surface area contributed by atoms with Crippen LogP contribution in [0.15, 0.2) is 12.1 Å². The summed E-state index contributed by atoms with van der Waals surface area (Å²) in [6.07, 6.45) is 0.720. The molecule has 0 bridgehead atoms. The Kier molecular flexibility index (Phi) is 4.95. The third kappa shape index (κ3) is 4.01. The summed E-state index contributed by atoms with van der Waals surface area (Å²) < 4.78 is 33.0. The molecule has 1 aliphatic rings. The number of ether oxygens (including phenoxy) is 2. The number of rotatable bonds is 6. The van der Waals surface area contributed by atoms with Crippen LogP contribution in [0.25, 0.3) is 0 Å². The predicted molar refractivity (Wildman–Crippen MR) is 79.7 cm³/mol. The van der Waals surface area contributed by atoms with Crippen molar-refractivity contribution in [3.05, 3.63) is 17.7 Å². The molecule has 1 atom stereocenters. The standard InChI is InChI=1S/C14H21NO5S/c1-19-12-5-11(6-13(20-2)14(12)16)8-15-7-10-3-4-21(17,18)9-10/h5-6,10,15-16H,3-4,7-9H2,1-2H3. The average molecular weight is 315 g/mol. The Morgan fingerprint density at radius 1 is 1.29 bits per heavy atom. The summed E-state index contributed by atoms with van der Waals surface area (Å²) in [7, 11) is 0.132. The van der Waals surface area contributed by atoms with Crippen LogP contribution in [0.2, 0.25) is 0 Å². The highest BCUT2D eigenvalue weighted by Gasteiger charge is 2.27. The van der Waals surface area contributed by atoms with Crippen molar-refractivity contribution < 1.29 is 23.0 Å². The molecule has 21 heavy (non-hydrogen) atoms. The Morgan fingerprint density at radius 3 is 2.38 bits per heavy atom. The minimum atomic E-state index is -2.83. The van der Waals surface area contributed by atoms with E-state index in [0.29, 0.717) is 30.3 Å². The highest BCUT2D eigenvalue weighted by molar-refractivity contribution is 7.91. The molecule has 1 aromatic carbocycles. The Bertz CT molecular complexity index is 574. The van der Waals surface area contributed by atoms with Gasteiger partial charge in [0.1, 0.15) is 0 Å². The summed E-state index contributed by atoms with van der Waals surface area (Å²) >= 11 is 0. The van der Waals surface area contributed by atoms with Crippen molar-refractivity contribution in [1.82, 2.24) is 5.32 Å². The van der Waals surface area contributed by atoms with Crippen LogP contribution in [-0.4, -0.2) is 45.8 Å². The van der Waals surface area contributed by atoms with Crippen LogP contribution in [0, 0.1) is 5.92 Å². The molecule has 0 aromatic heterocycles. The molecule has 7 heteroatoms. The minimum Gasteiger partial charge on any atom is -0.502 e. The van der Waals surface area contributed by atoms with Crippen molar-refractivity contribution in [1.29, 1.82) is 0 Å². The lowest BCUT2D eigenvalue weighted by Crippen LogP contribution is -2.23. The molecule has 2 rings (SSSR count). The number of phenols is 1. The molecule has 0 spiro atoms. The van der Waals surface area contributed by atoms with E-state index in [2.05, 4.69) is 5.32 Å². The maximum Gasteiger partial charge on any atom is 0.200 e. The fourth-order valence-electron chi connectivity index (χ4n) is 2.50. The summed E-state index contributed by atoms with van der Waals surface area (Å²) in [5, 5.41) is 13.1. The van der Waals surface area contributed by atoms with Gasteiger partial charge in [-0.3, -0.25) is 0 Å². The van der Waals surface area contributed by atoms with Crippen LogP contribution in [0.4, 0.5) is 0 Å². The van der Waals surface area contributed by atoms with Crippen LogP contribution in [-0.2, 0) is 16.4 Å².